The second-order valence-electron chi connectivity index (χ2n) is 5.40. The summed E-state index contributed by atoms with van der Waals surface area (Å²) >= 11 is 0. The second-order valence-corrected chi connectivity index (χ2v) is 5.40. The van der Waals surface area contributed by atoms with Crippen molar-refractivity contribution in [1.82, 2.24) is 24.5 Å². The van der Waals surface area contributed by atoms with Crippen LogP contribution in [0.1, 0.15) is 11.7 Å². The molecule has 1 aromatic carbocycles. The first kappa shape index (κ1) is 17.3. The highest BCUT2D eigenvalue weighted by molar-refractivity contribution is 5.86. The Balaban J connectivity index is 1.85. The van der Waals surface area contributed by atoms with E-state index in [2.05, 4.69) is 20.6 Å². The molecule has 2 heterocycles. The SMILES string of the molecule is NCC(N)c1cn(-c2ccc(-n3ccc(NC(N)=O)nc3=O)cc2)nn1. The molecular weight excluding hydrogens is 338 g/mol. The largest absolute Gasteiger partial charge is 0.354 e. The van der Waals surface area contributed by atoms with Crippen LogP contribution >= 0.6 is 0 Å². The van der Waals surface area contributed by atoms with Gasteiger partial charge in [-0.15, -0.1) is 5.10 Å². The van der Waals surface area contributed by atoms with Crippen molar-refractivity contribution in [3.05, 3.63) is 58.9 Å². The standard InChI is InChI=1S/C15H17N9O2/c16-7-11(17)12-8-24(22-21-12)10-3-1-9(2-4-10)23-6-5-13(19-14(18)25)20-15(23)26/h1-6,8,11H,7,16-17H2,(H3,18,19,20,25,26). The number of benzene rings is 1. The van der Waals surface area contributed by atoms with Gasteiger partial charge in [-0.1, -0.05) is 5.21 Å². The van der Waals surface area contributed by atoms with Crippen LogP contribution in [-0.4, -0.2) is 37.1 Å². The van der Waals surface area contributed by atoms with Crippen LogP contribution < -0.4 is 28.2 Å². The lowest BCUT2D eigenvalue weighted by Gasteiger charge is -2.07. The Bertz CT molecular complexity index is 977. The number of urea groups is 1. The third-order valence-corrected chi connectivity index (χ3v) is 3.59. The first-order valence-corrected chi connectivity index (χ1v) is 7.63. The lowest BCUT2D eigenvalue weighted by molar-refractivity contribution is 0.259. The van der Waals surface area contributed by atoms with E-state index in [-0.39, 0.29) is 18.4 Å². The van der Waals surface area contributed by atoms with Crippen LogP contribution in [0.4, 0.5) is 10.6 Å². The van der Waals surface area contributed by atoms with E-state index in [4.69, 9.17) is 17.2 Å². The van der Waals surface area contributed by atoms with Gasteiger partial charge in [-0.25, -0.2) is 14.3 Å². The molecule has 1 atom stereocenters. The predicted octanol–water partition coefficient (Wildman–Crippen LogP) is -0.738. The highest BCUT2D eigenvalue weighted by Gasteiger charge is 2.10. The summed E-state index contributed by atoms with van der Waals surface area (Å²) < 4.78 is 2.89. The van der Waals surface area contributed by atoms with Crippen molar-refractivity contribution >= 4 is 11.8 Å². The summed E-state index contributed by atoms with van der Waals surface area (Å²) in [5.41, 5.74) is 17.7. The minimum Gasteiger partial charge on any atom is -0.351 e. The van der Waals surface area contributed by atoms with E-state index in [0.29, 0.717) is 11.4 Å². The van der Waals surface area contributed by atoms with Gasteiger partial charge in [0.05, 0.1) is 23.6 Å². The Morgan fingerprint density at radius 1 is 1.19 bits per heavy atom. The van der Waals surface area contributed by atoms with E-state index < -0.39 is 11.7 Å². The fourth-order valence-electron chi connectivity index (χ4n) is 2.25. The molecule has 0 saturated heterocycles. The fraction of sp³-hybridized carbons (Fsp3) is 0.133. The van der Waals surface area contributed by atoms with Gasteiger partial charge in [0.1, 0.15) is 11.5 Å². The molecule has 0 fully saturated rings. The molecule has 3 aromatic rings. The van der Waals surface area contributed by atoms with Crippen LogP contribution in [0.15, 0.2) is 47.5 Å². The van der Waals surface area contributed by atoms with Crippen molar-refractivity contribution in [1.29, 1.82) is 0 Å². The van der Waals surface area contributed by atoms with Crippen molar-refractivity contribution < 1.29 is 4.79 Å². The van der Waals surface area contributed by atoms with Crippen LogP contribution in [0.25, 0.3) is 11.4 Å². The number of nitrogens with two attached hydrogens (primary N) is 3. The number of amides is 2. The van der Waals surface area contributed by atoms with Crippen LogP contribution in [0.5, 0.6) is 0 Å². The molecular formula is C15H17N9O2. The number of nitrogens with zero attached hydrogens (tertiary/aromatic N) is 5. The van der Waals surface area contributed by atoms with Crippen LogP contribution in [-0.2, 0) is 0 Å². The zero-order valence-corrected chi connectivity index (χ0v) is 13.6. The molecule has 26 heavy (non-hydrogen) atoms. The number of hydrogen-bond donors (Lipinski definition) is 4. The van der Waals surface area contributed by atoms with Gasteiger partial charge >= 0.3 is 11.7 Å². The molecule has 2 aromatic heterocycles. The minimum atomic E-state index is -0.791. The second kappa shape index (κ2) is 7.13. The zero-order valence-electron chi connectivity index (χ0n) is 13.6. The molecule has 0 aliphatic carbocycles. The third kappa shape index (κ3) is 3.58. The summed E-state index contributed by atoms with van der Waals surface area (Å²) in [6.07, 6.45) is 3.19. The quantitative estimate of drug-likeness (QED) is 0.466. The van der Waals surface area contributed by atoms with Crippen LogP contribution in [0, 0.1) is 0 Å². The molecule has 0 radical (unpaired) electrons. The monoisotopic (exact) mass is 355 g/mol. The lowest BCUT2D eigenvalue weighted by atomic mass is 10.2. The number of nitrogens with one attached hydrogen (secondary N) is 1. The van der Waals surface area contributed by atoms with Crippen LogP contribution in [0.3, 0.4) is 0 Å². The molecule has 7 N–H and O–H groups in total. The molecule has 134 valence electrons. The molecule has 0 spiro atoms. The van der Waals surface area contributed by atoms with Gasteiger partial charge in [-0.3, -0.25) is 9.88 Å². The van der Waals surface area contributed by atoms with Crippen LogP contribution in [0.2, 0.25) is 0 Å². The Kier molecular flexibility index (Phi) is 4.73. The lowest BCUT2D eigenvalue weighted by Crippen LogP contribution is -2.25. The first-order chi connectivity index (χ1) is 12.5. The third-order valence-electron chi connectivity index (χ3n) is 3.59. The Hall–Kier alpha value is -3.57. The number of aromatic nitrogens is 5. The maximum atomic E-state index is 12.1. The number of carbonyl (C=O) groups is 1. The fourth-order valence-corrected chi connectivity index (χ4v) is 2.25. The van der Waals surface area contributed by atoms with Crippen molar-refractivity contribution in [3.63, 3.8) is 0 Å². The van der Waals surface area contributed by atoms with Crippen molar-refractivity contribution in [2.24, 2.45) is 17.2 Å². The molecule has 11 heteroatoms. The van der Waals surface area contributed by atoms with Crippen molar-refractivity contribution in [3.8, 4) is 11.4 Å². The average Bonchev–Trinajstić information content (AvgIpc) is 3.11. The summed E-state index contributed by atoms with van der Waals surface area (Å²) in [4.78, 5) is 26.6. The van der Waals surface area contributed by atoms with Gasteiger partial charge in [-0.05, 0) is 30.3 Å². The normalized spacial score (nSPS) is 11.9. The van der Waals surface area contributed by atoms with E-state index in [0.717, 1.165) is 5.69 Å². The Labute approximate surface area is 147 Å². The molecule has 0 saturated carbocycles. The Morgan fingerprint density at radius 3 is 2.50 bits per heavy atom. The van der Waals surface area contributed by atoms with Crippen molar-refractivity contribution in [2.45, 2.75) is 6.04 Å². The molecule has 0 aliphatic heterocycles. The average molecular weight is 355 g/mol. The van der Waals surface area contributed by atoms with Crippen molar-refractivity contribution in [2.75, 3.05) is 11.9 Å². The van der Waals surface area contributed by atoms with Gasteiger partial charge in [0.25, 0.3) is 0 Å². The summed E-state index contributed by atoms with van der Waals surface area (Å²) in [6, 6.07) is 7.29. The maximum Gasteiger partial charge on any atom is 0.354 e. The highest BCUT2D eigenvalue weighted by atomic mass is 16.2. The number of anilines is 1. The number of rotatable bonds is 5. The summed E-state index contributed by atoms with van der Waals surface area (Å²) in [6.45, 7) is 0.272. The molecule has 0 aliphatic rings. The van der Waals surface area contributed by atoms with Gasteiger partial charge in [0.2, 0.25) is 0 Å². The summed E-state index contributed by atoms with van der Waals surface area (Å²) in [5, 5.41) is 10.2. The first-order valence-electron chi connectivity index (χ1n) is 7.63. The number of hydrogen-bond acceptors (Lipinski definition) is 7. The smallest absolute Gasteiger partial charge is 0.351 e. The topological polar surface area (TPSA) is 173 Å². The molecule has 2 amide bonds. The molecule has 1 unspecified atom stereocenters. The minimum absolute atomic E-state index is 0.0850. The van der Waals surface area contributed by atoms with E-state index in [1.165, 1.54) is 16.8 Å². The summed E-state index contributed by atoms with van der Waals surface area (Å²) in [5.74, 6) is 0.0850. The molecule has 0 bridgehead atoms. The van der Waals surface area contributed by atoms with Gasteiger partial charge in [-0.2, -0.15) is 4.98 Å². The molecule has 11 nitrogen and oxygen atoms in total. The van der Waals surface area contributed by atoms with E-state index in [1.54, 1.807) is 35.1 Å². The summed E-state index contributed by atoms with van der Waals surface area (Å²) in [7, 11) is 0. The molecule has 3 rings (SSSR count). The van der Waals surface area contributed by atoms with E-state index >= 15 is 0 Å². The zero-order chi connectivity index (χ0) is 18.7. The predicted molar refractivity (Wildman–Crippen MR) is 93.9 cm³/mol. The van der Waals surface area contributed by atoms with Gasteiger partial charge < -0.3 is 17.2 Å². The van der Waals surface area contributed by atoms with E-state index in [9.17, 15) is 9.59 Å². The number of carbonyl (C=O) groups excluding carboxylic acids is 1. The Morgan fingerprint density at radius 2 is 1.88 bits per heavy atom. The number of primary amides is 1. The highest BCUT2D eigenvalue weighted by Crippen LogP contribution is 2.13. The maximum absolute atomic E-state index is 12.1. The van der Waals surface area contributed by atoms with Gasteiger partial charge in [0.15, 0.2) is 0 Å². The van der Waals surface area contributed by atoms with E-state index in [1.807, 2.05) is 0 Å². The van der Waals surface area contributed by atoms with Gasteiger partial charge in [0, 0.05) is 12.7 Å².